The number of hydrogen-bond acceptors (Lipinski definition) is 5. The molecule has 1 saturated heterocycles. The zero-order valence-corrected chi connectivity index (χ0v) is 16.2. The van der Waals surface area contributed by atoms with E-state index in [1.54, 1.807) is 19.2 Å². The van der Waals surface area contributed by atoms with Gasteiger partial charge in [-0.3, -0.25) is 9.69 Å². The monoisotopic (exact) mass is 408 g/mol. The molecule has 0 spiro atoms. The van der Waals surface area contributed by atoms with Crippen LogP contribution in [0.1, 0.15) is 12.5 Å². The number of hydrogen-bond donors (Lipinski definition) is 1. The predicted molar refractivity (Wildman–Crippen MR) is 104 cm³/mol. The maximum atomic E-state index is 12.7. The summed E-state index contributed by atoms with van der Waals surface area (Å²) in [6.45, 7) is 4.18. The molecule has 1 amide bonds. The van der Waals surface area contributed by atoms with Crippen LogP contribution in [0.15, 0.2) is 42.6 Å². The Bertz CT molecular complexity index is 834. The largest absolute Gasteiger partial charge is 0.495 e. The van der Waals surface area contributed by atoms with Crippen LogP contribution in [-0.4, -0.2) is 55.1 Å². The lowest BCUT2D eigenvalue weighted by Crippen LogP contribution is -2.53. The maximum absolute atomic E-state index is 12.7. The summed E-state index contributed by atoms with van der Waals surface area (Å²) in [5, 5.41) is 2.88. The number of piperazine rings is 1. The number of para-hydroxylation sites is 2. The van der Waals surface area contributed by atoms with Gasteiger partial charge in [-0.2, -0.15) is 13.2 Å². The van der Waals surface area contributed by atoms with Crippen LogP contribution in [0.2, 0.25) is 0 Å². The smallest absolute Gasteiger partial charge is 0.417 e. The zero-order valence-electron chi connectivity index (χ0n) is 16.2. The molecule has 29 heavy (non-hydrogen) atoms. The molecule has 0 radical (unpaired) electrons. The lowest BCUT2D eigenvalue weighted by Gasteiger charge is -2.38. The summed E-state index contributed by atoms with van der Waals surface area (Å²) < 4.78 is 43.3. The van der Waals surface area contributed by atoms with Crippen LogP contribution in [0.3, 0.4) is 0 Å². The van der Waals surface area contributed by atoms with Crippen molar-refractivity contribution in [1.29, 1.82) is 0 Å². The molecule has 1 aromatic carbocycles. The van der Waals surface area contributed by atoms with Crippen molar-refractivity contribution >= 4 is 17.4 Å². The van der Waals surface area contributed by atoms with Crippen LogP contribution >= 0.6 is 0 Å². The molecule has 6 nitrogen and oxygen atoms in total. The molecular formula is C20H23F3N4O2. The van der Waals surface area contributed by atoms with Crippen molar-refractivity contribution in [2.24, 2.45) is 0 Å². The van der Waals surface area contributed by atoms with E-state index in [9.17, 15) is 18.0 Å². The Morgan fingerprint density at radius 3 is 2.41 bits per heavy atom. The van der Waals surface area contributed by atoms with Gasteiger partial charge in [0.15, 0.2) is 0 Å². The molecule has 0 unspecified atom stereocenters. The first-order valence-corrected chi connectivity index (χ1v) is 9.25. The highest BCUT2D eigenvalue weighted by Gasteiger charge is 2.31. The third-order valence-corrected chi connectivity index (χ3v) is 5.01. The topological polar surface area (TPSA) is 57.7 Å². The minimum absolute atomic E-state index is 0.143. The summed E-state index contributed by atoms with van der Waals surface area (Å²) in [6.07, 6.45) is -3.54. The molecule has 1 N–H and O–H groups in total. The van der Waals surface area contributed by atoms with Crippen LogP contribution in [0.5, 0.6) is 5.75 Å². The van der Waals surface area contributed by atoms with E-state index in [0.717, 1.165) is 12.3 Å². The summed E-state index contributed by atoms with van der Waals surface area (Å²) >= 11 is 0. The van der Waals surface area contributed by atoms with Gasteiger partial charge in [-0.15, -0.1) is 0 Å². The Kier molecular flexibility index (Phi) is 6.26. The van der Waals surface area contributed by atoms with Crippen LogP contribution in [0, 0.1) is 0 Å². The first-order valence-electron chi connectivity index (χ1n) is 9.25. The molecule has 1 atom stereocenters. The summed E-state index contributed by atoms with van der Waals surface area (Å²) in [5.41, 5.74) is -0.152. The van der Waals surface area contributed by atoms with Crippen LogP contribution in [-0.2, 0) is 11.0 Å². The molecule has 2 heterocycles. The van der Waals surface area contributed by atoms with Gasteiger partial charge < -0.3 is 15.0 Å². The second-order valence-corrected chi connectivity index (χ2v) is 6.79. The van der Waals surface area contributed by atoms with E-state index in [-0.39, 0.29) is 11.9 Å². The molecule has 1 fully saturated rings. The number of ether oxygens (including phenoxy) is 1. The van der Waals surface area contributed by atoms with Gasteiger partial charge in [0, 0.05) is 32.4 Å². The normalized spacial score (nSPS) is 16.4. The second kappa shape index (κ2) is 8.69. The number of aromatic nitrogens is 1. The summed E-state index contributed by atoms with van der Waals surface area (Å²) in [4.78, 5) is 20.5. The summed E-state index contributed by atoms with van der Waals surface area (Å²) in [5.74, 6) is 0.950. The van der Waals surface area contributed by atoms with Gasteiger partial charge in [0.1, 0.15) is 11.6 Å². The first kappa shape index (κ1) is 20.9. The molecule has 1 aromatic heterocycles. The predicted octanol–water partition coefficient (Wildman–Crippen LogP) is 3.26. The van der Waals surface area contributed by atoms with E-state index >= 15 is 0 Å². The van der Waals surface area contributed by atoms with E-state index in [4.69, 9.17) is 4.74 Å². The number of amides is 1. The molecule has 2 aromatic rings. The summed E-state index contributed by atoms with van der Waals surface area (Å²) in [7, 11) is 1.54. The number of rotatable bonds is 5. The average Bonchev–Trinajstić information content (AvgIpc) is 2.73. The third-order valence-electron chi connectivity index (χ3n) is 5.01. The van der Waals surface area contributed by atoms with Gasteiger partial charge in [-0.1, -0.05) is 12.1 Å². The Hall–Kier alpha value is -2.81. The van der Waals surface area contributed by atoms with Crippen molar-refractivity contribution < 1.29 is 22.7 Å². The van der Waals surface area contributed by atoms with E-state index in [0.29, 0.717) is 43.4 Å². The fraction of sp³-hybridized carbons (Fsp3) is 0.400. The fourth-order valence-corrected chi connectivity index (χ4v) is 3.23. The highest BCUT2D eigenvalue weighted by atomic mass is 19.4. The standard InChI is InChI=1S/C20H23F3N4O2/c1-14(19(28)25-16-5-3-4-6-17(16)29-2)26-9-11-27(12-10-26)18-8-7-15(13-24-18)20(21,22)23/h3-8,13-14H,9-12H2,1-2H3,(H,25,28)/t14-/m1/s1. The SMILES string of the molecule is COc1ccccc1NC(=O)[C@@H](C)N1CCN(c2ccc(C(F)(F)F)cn2)CC1. The Labute approximate surface area is 167 Å². The van der Waals surface area contributed by atoms with Crippen LogP contribution in [0.25, 0.3) is 0 Å². The number of nitrogens with one attached hydrogen (secondary N) is 1. The molecule has 0 aliphatic carbocycles. The molecule has 0 saturated carbocycles. The van der Waals surface area contributed by atoms with Crippen molar-refractivity contribution in [3.8, 4) is 5.75 Å². The van der Waals surface area contributed by atoms with Crippen LogP contribution < -0.4 is 15.0 Å². The molecular weight excluding hydrogens is 385 g/mol. The highest BCUT2D eigenvalue weighted by Crippen LogP contribution is 2.29. The minimum Gasteiger partial charge on any atom is -0.495 e. The van der Waals surface area contributed by atoms with Gasteiger partial charge in [-0.05, 0) is 31.2 Å². The number of anilines is 2. The third kappa shape index (κ3) is 4.97. The number of halogens is 3. The summed E-state index contributed by atoms with van der Waals surface area (Å²) in [6, 6.07) is 9.26. The first-order chi connectivity index (χ1) is 13.8. The quantitative estimate of drug-likeness (QED) is 0.823. The highest BCUT2D eigenvalue weighted by molar-refractivity contribution is 5.95. The van der Waals surface area contributed by atoms with Gasteiger partial charge in [0.25, 0.3) is 0 Å². The van der Waals surface area contributed by atoms with Gasteiger partial charge >= 0.3 is 6.18 Å². The number of nitrogens with zero attached hydrogens (tertiary/aromatic N) is 3. The van der Waals surface area contributed by atoms with Crippen molar-refractivity contribution in [2.75, 3.05) is 43.5 Å². The van der Waals surface area contributed by atoms with Crippen molar-refractivity contribution in [3.05, 3.63) is 48.2 Å². The maximum Gasteiger partial charge on any atom is 0.417 e. The van der Waals surface area contributed by atoms with Crippen LogP contribution in [0.4, 0.5) is 24.7 Å². The molecule has 1 aliphatic heterocycles. The van der Waals surface area contributed by atoms with Crippen molar-refractivity contribution in [1.82, 2.24) is 9.88 Å². The number of carbonyl (C=O) groups excluding carboxylic acids is 1. The van der Waals surface area contributed by atoms with E-state index in [1.807, 2.05) is 28.9 Å². The Morgan fingerprint density at radius 1 is 1.14 bits per heavy atom. The number of pyridine rings is 1. The van der Waals surface area contributed by atoms with E-state index in [2.05, 4.69) is 10.3 Å². The van der Waals surface area contributed by atoms with Crippen molar-refractivity contribution in [2.45, 2.75) is 19.1 Å². The van der Waals surface area contributed by atoms with E-state index in [1.165, 1.54) is 6.07 Å². The zero-order chi connectivity index (χ0) is 21.0. The molecule has 0 bridgehead atoms. The average molecular weight is 408 g/mol. The van der Waals surface area contributed by atoms with Gasteiger partial charge in [-0.25, -0.2) is 4.98 Å². The lowest BCUT2D eigenvalue weighted by atomic mass is 10.2. The lowest BCUT2D eigenvalue weighted by molar-refractivity contribution is -0.137. The number of benzene rings is 1. The van der Waals surface area contributed by atoms with Crippen molar-refractivity contribution in [3.63, 3.8) is 0 Å². The molecule has 1 aliphatic rings. The Morgan fingerprint density at radius 2 is 1.83 bits per heavy atom. The van der Waals surface area contributed by atoms with E-state index < -0.39 is 11.7 Å². The van der Waals surface area contributed by atoms with Gasteiger partial charge in [0.2, 0.25) is 5.91 Å². The molecule has 156 valence electrons. The molecule has 3 rings (SSSR count). The Balaban J connectivity index is 1.56. The number of carbonyl (C=O) groups is 1. The van der Waals surface area contributed by atoms with Gasteiger partial charge in [0.05, 0.1) is 24.4 Å². The molecule has 9 heteroatoms. The minimum atomic E-state index is -4.39. The fourth-order valence-electron chi connectivity index (χ4n) is 3.23. The number of methoxy groups -OCH3 is 1. The number of alkyl halides is 3. The second-order valence-electron chi connectivity index (χ2n) is 6.79.